The van der Waals surface area contributed by atoms with Gasteiger partial charge in [-0.15, -0.1) is 0 Å². The van der Waals surface area contributed by atoms with Crippen LogP contribution in [0.15, 0.2) is 78.9 Å². The summed E-state index contributed by atoms with van der Waals surface area (Å²) in [4.78, 5) is 59.8. The summed E-state index contributed by atoms with van der Waals surface area (Å²) in [5.41, 5.74) is 1.41. The topological polar surface area (TPSA) is 109 Å². The minimum Gasteiger partial charge on any atom is -0.445 e. The number of amides is 3. The summed E-state index contributed by atoms with van der Waals surface area (Å²) in [6.07, 6.45) is -1.34. The van der Waals surface area contributed by atoms with Gasteiger partial charge >= 0.3 is 12.3 Å². The van der Waals surface area contributed by atoms with Crippen LogP contribution in [0.5, 0.6) is 0 Å². The highest BCUT2D eigenvalue weighted by atomic mass is 19.1. The Balaban J connectivity index is 1.37. The summed E-state index contributed by atoms with van der Waals surface area (Å²) in [6, 6.07) is 21.0. The molecule has 1 saturated heterocycles. The lowest BCUT2D eigenvalue weighted by Gasteiger charge is -2.30. The molecule has 47 heavy (non-hydrogen) atoms. The lowest BCUT2D eigenvalue weighted by Crippen LogP contribution is -2.46. The lowest BCUT2D eigenvalue weighted by atomic mass is 9.80. The Kier molecular flexibility index (Phi) is 9.75. The molecule has 2 heterocycles. The third-order valence-corrected chi connectivity index (χ3v) is 8.79. The quantitative estimate of drug-likeness (QED) is 0.263. The highest BCUT2D eigenvalue weighted by molar-refractivity contribution is 6.07. The molecule has 0 bridgehead atoms. The van der Waals surface area contributed by atoms with Crippen molar-refractivity contribution in [2.45, 2.75) is 70.7 Å². The van der Waals surface area contributed by atoms with Gasteiger partial charge < -0.3 is 15.4 Å². The summed E-state index contributed by atoms with van der Waals surface area (Å²) < 4.78 is 19.0. The minimum absolute atomic E-state index is 0.000690. The molecular weight excluding hydrogens is 599 g/mol. The number of benzene rings is 3. The van der Waals surface area contributed by atoms with Gasteiger partial charge in [-0.05, 0) is 53.1 Å². The van der Waals surface area contributed by atoms with Crippen molar-refractivity contribution in [3.05, 3.63) is 113 Å². The summed E-state index contributed by atoms with van der Waals surface area (Å²) >= 11 is 0. The number of carbonyl (C=O) groups is 4. The summed E-state index contributed by atoms with van der Waals surface area (Å²) in [6.45, 7) is 13.8. The fourth-order valence-corrected chi connectivity index (χ4v) is 6.57. The number of ether oxygens (including phenoxy) is 1. The van der Waals surface area contributed by atoms with Crippen LogP contribution in [0.2, 0.25) is 0 Å². The van der Waals surface area contributed by atoms with Crippen LogP contribution in [-0.4, -0.2) is 47.3 Å². The number of Topliss-reactive ketones (excluding diaryl/α,β-unsaturated/α-hetero) is 1. The lowest BCUT2D eigenvalue weighted by molar-refractivity contribution is -0.140. The predicted octanol–water partition coefficient (Wildman–Crippen LogP) is 6.04. The fourth-order valence-electron chi connectivity index (χ4n) is 6.57. The molecule has 1 spiro atoms. The number of likely N-dealkylation sites (tertiary alicyclic amines) is 1. The number of carbonyl (C=O) groups excluding carboxylic acids is 4. The average Bonchev–Trinajstić information content (AvgIpc) is 3.57. The van der Waals surface area contributed by atoms with Crippen molar-refractivity contribution in [2.24, 2.45) is 11.3 Å². The average molecular weight is 639 g/mol. The van der Waals surface area contributed by atoms with E-state index in [9.17, 15) is 23.6 Å². The molecule has 244 valence electrons. The van der Waals surface area contributed by atoms with Crippen LogP contribution in [0, 0.1) is 23.7 Å². The van der Waals surface area contributed by atoms with E-state index in [0.29, 0.717) is 17.7 Å². The van der Waals surface area contributed by atoms with E-state index in [2.05, 4.69) is 15.5 Å². The van der Waals surface area contributed by atoms with Gasteiger partial charge in [0.1, 0.15) is 17.8 Å². The fraction of sp³-hybridized carbons (Fsp3) is 0.378. The number of hydrogen-bond donors (Lipinski definition) is 2. The molecule has 9 nitrogen and oxygen atoms in total. The first kappa shape index (κ1) is 33.3. The second-order valence-electron chi connectivity index (χ2n) is 13.6. The van der Waals surface area contributed by atoms with Gasteiger partial charge in [-0.3, -0.25) is 24.1 Å². The van der Waals surface area contributed by atoms with Crippen LogP contribution in [0.3, 0.4) is 0 Å². The zero-order chi connectivity index (χ0) is 33.8. The molecule has 4 atom stereocenters. The zero-order valence-electron chi connectivity index (χ0n) is 26.8. The van der Waals surface area contributed by atoms with Gasteiger partial charge in [-0.1, -0.05) is 81.4 Å². The number of nitrogens with zero attached hydrogens (tertiary/aromatic N) is 2. The van der Waals surface area contributed by atoms with E-state index in [1.807, 2.05) is 69.3 Å². The Labute approximate surface area is 274 Å². The van der Waals surface area contributed by atoms with Crippen molar-refractivity contribution in [3.63, 3.8) is 0 Å². The number of fused-ring (bicyclic) bond motifs is 2. The largest absolute Gasteiger partial charge is 0.445 e. The molecule has 3 aromatic rings. The smallest absolute Gasteiger partial charge is 0.408 e. The van der Waals surface area contributed by atoms with Gasteiger partial charge in [0, 0.05) is 24.6 Å². The van der Waals surface area contributed by atoms with Crippen molar-refractivity contribution < 1.29 is 28.3 Å². The van der Waals surface area contributed by atoms with Crippen molar-refractivity contribution in [1.82, 2.24) is 10.2 Å². The number of rotatable bonds is 10. The van der Waals surface area contributed by atoms with Crippen LogP contribution < -0.4 is 10.6 Å². The van der Waals surface area contributed by atoms with Crippen molar-refractivity contribution >= 4 is 29.4 Å². The third-order valence-electron chi connectivity index (χ3n) is 8.79. The van der Waals surface area contributed by atoms with E-state index in [1.165, 1.54) is 17.0 Å². The second kappa shape index (κ2) is 13.8. The Bertz CT molecular complexity index is 1680. The molecule has 0 saturated carbocycles. The maximum absolute atomic E-state index is 14.3. The van der Waals surface area contributed by atoms with Gasteiger partial charge in [0.05, 0.1) is 12.5 Å². The first-order valence-corrected chi connectivity index (χ1v) is 15.7. The molecule has 5 rings (SSSR count). The molecule has 3 amide bonds. The highest BCUT2D eigenvalue weighted by Gasteiger charge is 2.59. The predicted molar refractivity (Wildman–Crippen MR) is 174 cm³/mol. The third kappa shape index (κ3) is 7.68. The molecule has 2 aliphatic rings. The Morgan fingerprint density at radius 3 is 2.40 bits per heavy atom. The highest BCUT2D eigenvalue weighted by Crippen LogP contribution is 2.47. The van der Waals surface area contributed by atoms with Gasteiger partial charge in [-0.25, -0.2) is 15.8 Å². The number of alkyl carbamates (subject to hydrolysis) is 1. The second-order valence-corrected chi connectivity index (χ2v) is 13.6. The standard InChI is InChI=1S/C37H39FN4O5/c1-36(2,3)20-26(33(44)42-23-37(21-32(42)39-4)28-12-8-9-13-29(28)40-34(37)45)19-31(43)30(18-24-14-16-27(38)17-15-24)41-35(46)47-22-25-10-6-5-7-11-25/h5-17,26,30,32H,18-23H2,1-3H3,(H,40,45)(H,41,46)/t26-,30-,32-,37-/m0/s1. The van der Waals surface area contributed by atoms with E-state index in [0.717, 1.165) is 11.1 Å². The number of halogens is 1. The zero-order valence-corrected chi connectivity index (χ0v) is 26.8. The van der Waals surface area contributed by atoms with E-state index in [1.54, 1.807) is 18.2 Å². The van der Waals surface area contributed by atoms with E-state index in [4.69, 9.17) is 11.3 Å². The number of ketones is 1. The molecule has 2 N–H and O–H groups in total. The summed E-state index contributed by atoms with van der Waals surface area (Å²) in [5, 5.41) is 5.58. The SMILES string of the molecule is [C-]#[N+][C@@H]1C[C@@]2(CN1C(=O)[C@@H](CC(=O)[C@H](Cc1ccc(F)cc1)NC(=O)OCc1ccccc1)CC(C)(C)C)C(=O)Nc1ccccc12. The monoisotopic (exact) mass is 638 g/mol. The number of nitrogens with one attached hydrogen (secondary N) is 2. The summed E-state index contributed by atoms with van der Waals surface area (Å²) in [5.74, 6) is -2.27. The molecular formula is C37H39FN4O5. The molecule has 1 fully saturated rings. The van der Waals surface area contributed by atoms with Crippen molar-refractivity contribution in [2.75, 3.05) is 11.9 Å². The molecule has 0 radical (unpaired) electrons. The normalized spacial score (nSPS) is 19.8. The Morgan fingerprint density at radius 1 is 1.04 bits per heavy atom. The van der Waals surface area contributed by atoms with Crippen LogP contribution in [-0.2, 0) is 37.6 Å². The number of hydrogen-bond acceptors (Lipinski definition) is 5. The molecule has 0 unspecified atom stereocenters. The van der Waals surface area contributed by atoms with E-state index >= 15 is 0 Å². The van der Waals surface area contributed by atoms with Gasteiger partial charge in [-0.2, -0.15) is 0 Å². The molecule has 0 aliphatic carbocycles. The maximum atomic E-state index is 14.3. The van der Waals surface area contributed by atoms with Crippen molar-refractivity contribution in [1.29, 1.82) is 0 Å². The number of para-hydroxylation sites is 1. The van der Waals surface area contributed by atoms with Gasteiger partial charge in [0.25, 0.3) is 0 Å². The van der Waals surface area contributed by atoms with Crippen molar-refractivity contribution in [3.8, 4) is 0 Å². The Morgan fingerprint density at radius 2 is 1.72 bits per heavy atom. The molecule has 0 aromatic heterocycles. The van der Waals surface area contributed by atoms with E-state index < -0.39 is 41.2 Å². The molecule has 3 aromatic carbocycles. The van der Waals surface area contributed by atoms with Crippen LogP contribution in [0.25, 0.3) is 4.85 Å². The molecule has 10 heteroatoms. The van der Waals surface area contributed by atoms with Crippen LogP contribution in [0.1, 0.15) is 56.7 Å². The van der Waals surface area contributed by atoms with Crippen LogP contribution in [0.4, 0.5) is 14.9 Å². The Hall–Kier alpha value is -5.04. The van der Waals surface area contributed by atoms with Crippen LogP contribution >= 0.6 is 0 Å². The first-order valence-electron chi connectivity index (χ1n) is 15.7. The summed E-state index contributed by atoms with van der Waals surface area (Å²) in [7, 11) is 0. The van der Waals surface area contributed by atoms with E-state index in [-0.39, 0.29) is 49.6 Å². The van der Waals surface area contributed by atoms with Gasteiger partial charge in [0.15, 0.2) is 5.78 Å². The number of anilines is 1. The molecule has 2 aliphatic heterocycles. The minimum atomic E-state index is -1.06. The first-order chi connectivity index (χ1) is 22.4. The van der Waals surface area contributed by atoms with Gasteiger partial charge in [0.2, 0.25) is 11.8 Å². The maximum Gasteiger partial charge on any atom is 0.408 e.